The molecule has 3 rings (SSSR count). The van der Waals surface area contributed by atoms with E-state index in [2.05, 4.69) is 58.2 Å². The van der Waals surface area contributed by atoms with Crippen LogP contribution in [0.4, 0.5) is 0 Å². The second kappa shape index (κ2) is 8.51. The second-order valence-corrected chi connectivity index (χ2v) is 6.84. The molecule has 2 aromatic rings. The number of pyridine rings is 1. The highest BCUT2D eigenvalue weighted by atomic mass is 16.5. The molecule has 0 aliphatic carbocycles. The number of likely N-dealkylation sites (N-methyl/N-ethyl adjacent to an activating group) is 1. The maximum atomic E-state index is 5.96. The fraction of sp³-hybridized carbons (Fsp3) is 0.611. The molecule has 7 nitrogen and oxygen atoms in total. The molecule has 0 saturated heterocycles. The van der Waals surface area contributed by atoms with Gasteiger partial charge in [0.15, 0.2) is 0 Å². The molecule has 0 fully saturated rings. The van der Waals surface area contributed by atoms with Gasteiger partial charge in [-0.3, -0.25) is 9.88 Å². The van der Waals surface area contributed by atoms with Crippen LogP contribution >= 0.6 is 0 Å². The number of ether oxygens (including phenoxy) is 1. The first-order valence-electron chi connectivity index (χ1n) is 8.93. The summed E-state index contributed by atoms with van der Waals surface area (Å²) >= 11 is 0. The summed E-state index contributed by atoms with van der Waals surface area (Å²) in [5, 5.41) is 8.75. The van der Waals surface area contributed by atoms with E-state index < -0.39 is 0 Å². The van der Waals surface area contributed by atoms with Crippen LogP contribution in [0.5, 0.6) is 0 Å². The van der Waals surface area contributed by atoms with Gasteiger partial charge in [-0.05, 0) is 38.7 Å². The Morgan fingerprint density at radius 2 is 2.08 bits per heavy atom. The van der Waals surface area contributed by atoms with Gasteiger partial charge in [0.05, 0.1) is 18.9 Å². The van der Waals surface area contributed by atoms with E-state index in [-0.39, 0.29) is 0 Å². The molecule has 1 atom stereocenters. The van der Waals surface area contributed by atoms with Gasteiger partial charge in [0, 0.05) is 51.0 Å². The van der Waals surface area contributed by atoms with Crippen LogP contribution in [0.1, 0.15) is 29.8 Å². The van der Waals surface area contributed by atoms with Gasteiger partial charge in [-0.25, -0.2) is 4.68 Å². The van der Waals surface area contributed by atoms with E-state index in [4.69, 9.17) is 4.74 Å². The standard InChI is InChI=1S/C18H28N6O/c1-4-24-18-16(14-25-10-9-22(2)3)12-23(13-17(18)20-21-24)11-15-5-7-19-8-6-15/h5-8,16H,4,9-14H2,1-3H3. The fourth-order valence-electron chi connectivity index (χ4n) is 3.29. The number of aryl methyl sites for hydroxylation is 1. The minimum atomic E-state index is 0.308. The number of aromatic nitrogens is 4. The van der Waals surface area contributed by atoms with Gasteiger partial charge in [-0.1, -0.05) is 5.21 Å². The van der Waals surface area contributed by atoms with E-state index in [0.717, 1.165) is 45.0 Å². The molecule has 1 aliphatic rings. The van der Waals surface area contributed by atoms with E-state index in [1.165, 1.54) is 11.3 Å². The number of rotatable bonds is 8. The van der Waals surface area contributed by atoms with Gasteiger partial charge < -0.3 is 9.64 Å². The van der Waals surface area contributed by atoms with Gasteiger partial charge >= 0.3 is 0 Å². The highest BCUT2D eigenvalue weighted by Gasteiger charge is 2.30. The molecule has 2 aromatic heterocycles. The number of fused-ring (bicyclic) bond motifs is 1. The SMILES string of the molecule is CCn1nnc2c1C(COCCN(C)C)CN(Cc1ccncc1)C2. The quantitative estimate of drug-likeness (QED) is 0.674. The zero-order chi connectivity index (χ0) is 17.6. The van der Waals surface area contributed by atoms with Crippen LogP contribution in [-0.2, 0) is 24.4 Å². The van der Waals surface area contributed by atoms with Crippen LogP contribution in [0.2, 0.25) is 0 Å². The minimum Gasteiger partial charge on any atom is -0.379 e. The Hall–Kier alpha value is -1.83. The topological polar surface area (TPSA) is 59.3 Å². The van der Waals surface area contributed by atoms with Crippen molar-refractivity contribution >= 4 is 0 Å². The summed E-state index contributed by atoms with van der Waals surface area (Å²) in [4.78, 5) is 8.66. The van der Waals surface area contributed by atoms with Crippen LogP contribution in [0.15, 0.2) is 24.5 Å². The van der Waals surface area contributed by atoms with Gasteiger partial charge in [-0.15, -0.1) is 5.10 Å². The third-order valence-electron chi connectivity index (χ3n) is 4.54. The predicted octanol–water partition coefficient (Wildman–Crippen LogP) is 1.37. The molecule has 7 heteroatoms. The van der Waals surface area contributed by atoms with Gasteiger partial charge in [0.2, 0.25) is 0 Å². The van der Waals surface area contributed by atoms with Gasteiger partial charge in [0.25, 0.3) is 0 Å². The molecule has 1 unspecified atom stereocenters. The predicted molar refractivity (Wildman–Crippen MR) is 96.2 cm³/mol. The molecule has 25 heavy (non-hydrogen) atoms. The zero-order valence-corrected chi connectivity index (χ0v) is 15.4. The molecule has 0 amide bonds. The summed E-state index contributed by atoms with van der Waals surface area (Å²) < 4.78 is 7.99. The lowest BCUT2D eigenvalue weighted by molar-refractivity contribution is 0.0832. The summed E-state index contributed by atoms with van der Waals surface area (Å²) in [6, 6.07) is 4.14. The largest absolute Gasteiger partial charge is 0.379 e. The average molecular weight is 344 g/mol. The Bertz CT molecular complexity index is 657. The van der Waals surface area contributed by atoms with Crippen LogP contribution in [0, 0.1) is 0 Å². The number of hydrogen-bond donors (Lipinski definition) is 0. The second-order valence-electron chi connectivity index (χ2n) is 6.84. The molecule has 136 valence electrons. The van der Waals surface area contributed by atoms with Crippen LogP contribution < -0.4 is 0 Å². The molecular formula is C18H28N6O. The molecule has 0 spiro atoms. The summed E-state index contributed by atoms with van der Waals surface area (Å²) in [6.45, 7) is 8.05. The van der Waals surface area contributed by atoms with Crippen molar-refractivity contribution in [3.63, 3.8) is 0 Å². The van der Waals surface area contributed by atoms with Crippen molar-refractivity contribution < 1.29 is 4.74 Å². The third kappa shape index (κ3) is 4.62. The van der Waals surface area contributed by atoms with Crippen LogP contribution in [-0.4, -0.2) is 70.2 Å². The monoisotopic (exact) mass is 344 g/mol. The maximum Gasteiger partial charge on any atom is 0.100 e. The maximum absolute atomic E-state index is 5.96. The Labute approximate surface area is 149 Å². The Morgan fingerprint density at radius 1 is 1.28 bits per heavy atom. The van der Waals surface area contributed by atoms with E-state index in [1.54, 1.807) is 0 Å². The molecule has 1 aliphatic heterocycles. The van der Waals surface area contributed by atoms with Gasteiger partial charge in [-0.2, -0.15) is 0 Å². The van der Waals surface area contributed by atoms with E-state index in [9.17, 15) is 0 Å². The molecule has 0 radical (unpaired) electrons. The van der Waals surface area contributed by atoms with Crippen molar-refractivity contribution in [3.8, 4) is 0 Å². The molecule has 3 heterocycles. The first-order valence-corrected chi connectivity index (χ1v) is 8.93. The summed E-state index contributed by atoms with van der Waals surface area (Å²) in [7, 11) is 4.13. The third-order valence-corrected chi connectivity index (χ3v) is 4.54. The van der Waals surface area contributed by atoms with Crippen molar-refractivity contribution in [2.75, 3.05) is 40.4 Å². The Morgan fingerprint density at radius 3 is 2.80 bits per heavy atom. The molecular weight excluding hydrogens is 316 g/mol. The number of nitrogens with zero attached hydrogens (tertiary/aromatic N) is 6. The first kappa shape index (κ1) is 18.0. The van der Waals surface area contributed by atoms with Crippen LogP contribution in [0.3, 0.4) is 0 Å². The normalized spacial score (nSPS) is 17.8. The average Bonchev–Trinajstić information content (AvgIpc) is 3.02. The molecule has 0 aromatic carbocycles. The van der Waals surface area contributed by atoms with Crippen molar-refractivity contribution in [2.24, 2.45) is 0 Å². The first-order chi connectivity index (χ1) is 12.2. The summed E-state index contributed by atoms with van der Waals surface area (Å²) in [6.07, 6.45) is 3.69. The fourth-order valence-corrected chi connectivity index (χ4v) is 3.29. The minimum absolute atomic E-state index is 0.308. The summed E-state index contributed by atoms with van der Waals surface area (Å²) in [5.41, 5.74) is 3.61. The highest BCUT2D eigenvalue weighted by molar-refractivity contribution is 5.21. The lowest BCUT2D eigenvalue weighted by Crippen LogP contribution is -2.36. The van der Waals surface area contributed by atoms with E-state index in [0.29, 0.717) is 12.5 Å². The molecule has 0 saturated carbocycles. The lowest BCUT2D eigenvalue weighted by atomic mass is 9.98. The molecule has 0 N–H and O–H groups in total. The Kier molecular flexibility index (Phi) is 6.12. The lowest BCUT2D eigenvalue weighted by Gasteiger charge is -2.32. The highest BCUT2D eigenvalue weighted by Crippen LogP contribution is 2.28. The van der Waals surface area contributed by atoms with E-state index in [1.807, 2.05) is 17.1 Å². The van der Waals surface area contributed by atoms with Crippen molar-refractivity contribution in [3.05, 3.63) is 41.5 Å². The molecule has 0 bridgehead atoms. The summed E-state index contributed by atoms with van der Waals surface area (Å²) in [5.74, 6) is 0.308. The van der Waals surface area contributed by atoms with Gasteiger partial charge in [0.1, 0.15) is 5.69 Å². The van der Waals surface area contributed by atoms with Crippen molar-refractivity contribution in [2.45, 2.75) is 32.5 Å². The van der Waals surface area contributed by atoms with Crippen molar-refractivity contribution in [1.82, 2.24) is 29.8 Å². The smallest absolute Gasteiger partial charge is 0.100 e. The zero-order valence-electron chi connectivity index (χ0n) is 15.4. The number of hydrogen-bond acceptors (Lipinski definition) is 6. The van der Waals surface area contributed by atoms with Crippen molar-refractivity contribution in [1.29, 1.82) is 0 Å². The van der Waals surface area contributed by atoms with Crippen LogP contribution in [0.25, 0.3) is 0 Å². The van der Waals surface area contributed by atoms with E-state index >= 15 is 0 Å². The Balaban J connectivity index is 1.69.